The number of hydrogen-bond acceptors (Lipinski definition) is 5. The van der Waals surface area contributed by atoms with Crippen molar-refractivity contribution in [2.24, 2.45) is 4.99 Å². The van der Waals surface area contributed by atoms with Gasteiger partial charge in [0.05, 0.1) is 31.9 Å². The largest absolute Gasteiger partial charge is 0.383 e. The summed E-state index contributed by atoms with van der Waals surface area (Å²) in [5.74, 6) is -0.328. The molecule has 3 heterocycles. The molecule has 2 aliphatic heterocycles. The lowest BCUT2D eigenvalue weighted by atomic mass is 10.0. The van der Waals surface area contributed by atoms with E-state index in [1.165, 1.54) is 30.5 Å². The van der Waals surface area contributed by atoms with Gasteiger partial charge in [0.1, 0.15) is 5.82 Å². The summed E-state index contributed by atoms with van der Waals surface area (Å²) in [5.41, 5.74) is 0.812. The van der Waals surface area contributed by atoms with Crippen molar-refractivity contribution in [1.82, 2.24) is 25.2 Å². The summed E-state index contributed by atoms with van der Waals surface area (Å²) in [6.45, 7) is 5.67. The number of likely N-dealkylation sites (tertiary alicyclic amines) is 1. The lowest BCUT2D eigenvalue weighted by Gasteiger charge is -2.38. The van der Waals surface area contributed by atoms with Crippen molar-refractivity contribution in [3.63, 3.8) is 0 Å². The van der Waals surface area contributed by atoms with Gasteiger partial charge in [-0.25, -0.2) is 24.0 Å². The minimum absolute atomic E-state index is 0.0103. The lowest BCUT2D eigenvalue weighted by molar-refractivity contribution is -0.0927. The predicted octanol–water partition coefficient (Wildman–Crippen LogP) is 0.925. The van der Waals surface area contributed by atoms with Crippen LogP contribution in [0.1, 0.15) is 6.04 Å². The summed E-state index contributed by atoms with van der Waals surface area (Å²) in [7, 11) is 3.13. The number of ether oxygens (including phenoxy) is 2. The number of alkyl halides is 1. The maximum Gasteiger partial charge on any atom is 0.333 e. The van der Waals surface area contributed by atoms with E-state index in [9.17, 15) is 13.6 Å². The molecule has 1 aromatic heterocycles. The van der Waals surface area contributed by atoms with Crippen LogP contribution in [0.15, 0.2) is 36.2 Å². The first kappa shape index (κ1) is 22.2. The third-order valence-electron chi connectivity index (χ3n) is 5.22. The van der Waals surface area contributed by atoms with Crippen molar-refractivity contribution < 1.29 is 23.0 Å². The summed E-state index contributed by atoms with van der Waals surface area (Å²) < 4.78 is 40.1. The molecule has 30 heavy (non-hydrogen) atoms. The SMILES string of the molecule is C=CN=C(N(C)NC(=O)N[C@@H]1CN(CCOC)C[C@H]1n1ccc(F)c1)C1(F)COC1. The van der Waals surface area contributed by atoms with Gasteiger partial charge >= 0.3 is 6.03 Å². The minimum atomic E-state index is -1.77. The van der Waals surface area contributed by atoms with Crippen LogP contribution in [-0.2, 0) is 9.47 Å². The van der Waals surface area contributed by atoms with Crippen LogP contribution in [-0.4, -0.2) is 91.7 Å². The Morgan fingerprint density at radius 3 is 2.87 bits per heavy atom. The Morgan fingerprint density at radius 1 is 1.53 bits per heavy atom. The first-order valence-electron chi connectivity index (χ1n) is 9.67. The van der Waals surface area contributed by atoms with Gasteiger partial charge in [0.2, 0.25) is 5.67 Å². The van der Waals surface area contributed by atoms with E-state index < -0.39 is 11.7 Å². The van der Waals surface area contributed by atoms with Crippen molar-refractivity contribution in [2.45, 2.75) is 17.8 Å². The molecule has 0 saturated carbocycles. The van der Waals surface area contributed by atoms with E-state index in [1.54, 1.807) is 17.9 Å². The van der Waals surface area contributed by atoms with Gasteiger partial charge in [0.15, 0.2) is 5.84 Å². The maximum atomic E-state index is 14.7. The number of carbonyl (C=O) groups is 1. The standard InChI is InChI=1S/C19H28F2N6O3/c1-4-22-17(19(21)12-30-13-19)25(2)24-18(28)23-15-10-26(7-8-29-3)11-16(15)27-6-5-14(20)9-27/h4-6,9,15-16H,1,7-8,10-13H2,2-3H3,(H2,23,24,28)/t15-,16-/m1/s1. The van der Waals surface area contributed by atoms with Crippen LogP contribution in [0.4, 0.5) is 13.6 Å². The predicted molar refractivity (Wildman–Crippen MR) is 107 cm³/mol. The smallest absolute Gasteiger partial charge is 0.333 e. The van der Waals surface area contributed by atoms with Crippen LogP contribution in [0.5, 0.6) is 0 Å². The molecule has 2 N–H and O–H groups in total. The highest BCUT2D eigenvalue weighted by Gasteiger charge is 2.46. The van der Waals surface area contributed by atoms with Gasteiger partial charge in [-0.15, -0.1) is 0 Å². The van der Waals surface area contributed by atoms with Crippen LogP contribution in [0, 0.1) is 5.82 Å². The first-order chi connectivity index (χ1) is 14.4. The van der Waals surface area contributed by atoms with Crippen molar-refractivity contribution in [3.8, 4) is 0 Å². The zero-order valence-corrected chi connectivity index (χ0v) is 17.2. The highest BCUT2D eigenvalue weighted by Crippen LogP contribution is 2.25. The summed E-state index contributed by atoms with van der Waals surface area (Å²) in [6.07, 6.45) is 4.27. The van der Waals surface area contributed by atoms with Gasteiger partial charge in [0.25, 0.3) is 0 Å². The minimum Gasteiger partial charge on any atom is -0.383 e. The molecular formula is C19H28F2N6O3. The van der Waals surface area contributed by atoms with Crippen LogP contribution in [0.2, 0.25) is 0 Å². The Morgan fingerprint density at radius 2 is 2.30 bits per heavy atom. The molecule has 11 heteroatoms. The second-order valence-corrected chi connectivity index (χ2v) is 7.44. The number of amidine groups is 1. The third kappa shape index (κ3) is 4.97. The zero-order chi connectivity index (χ0) is 21.7. The molecule has 2 atom stereocenters. The molecule has 3 rings (SSSR count). The number of hydrogen-bond donors (Lipinski definition) is 2. The number of amides is 2. The van der Waals surface area contributed by atoms with Crippen molar-refractivity contribution in [2.75, 3.05) is 53.6 Å². The number of carbonyl (C=O) groups excluding carboxylic acids is 1. The Balaban J connectivity index is 1.65. The molecule has 2 amide bonds. The number of aliphatic imine (C=N–C) groups is 1. The maximum absolute atomic E-state index is 14.7. The average molecular weight is 426 g/mol. The monoisotopic (exact) mass is 426 g/mol. The second-order valence-electron chi connectivity index (χ2n) is 7.44. The second kappa shape index (κ2) is 9.54. The first-order valence-corrected chi connectivity index (χ1v) is 9.67. The van der Waals surface area contributed by atoms with E-state index in [1.807, 2.05) is 0 Å². The van der Waals surface area contributed by atoms with E-state index in [0.29, 0.717) is 26.2 Å². The number of rotatable bonds is 7. The Hall–Kier alpha value is -2.50. The molecule has 166 valence electrons. The van der Waals surface area contributed by atoms with Gasteiger partial charge < -0.3 is 19.4 Å². The summed E-state index contributed by atoms with van der Waals surface area (Å²) in [6, 6.07) is 0.418. The fourth-order valence-corrected chi connectivity index (χ4v) is 3.71. The quantitative estimate of drug-likeness (QED) is 0.385. The van der Waals surface area contributed by atoms with Gasteiger partial charge in [-0.1, -0.05) is 6.58 Å². The Labute approximate surface area is 174 Å². The van der Waals surface area contributed by atoms with E-state index in [4.69, 9.17) is 9.47 Å². The molecule has 0 spiro atoms. The van der Waals surface area contributed by atoms with Crippen LogP contribution in [0.25, 0.3) is 0 Å². The van der Waals surface area contributed by atoms with Crippen molar-refractivity contribution >= 4 is 11.9 Å². The van der Waals surface area contributed by atoms with Gasteiger partial charge in [-0.3, -0.25) is 9.91 Å². The topological polar surface area (TPSA) is 83.4 Å². The van der Waals surface area contributed by atoms with Gasteiger partial charge in [0, 0.05) is 52.4 Å². The number of nitrogens with zero attached hydrogens (tertiary/aromatic N) is 4. The van der Waals surface area contributed by atoms with Crippen molar-refractivity contribution in [3.05, 3.63) is 37.1 Å². The molecule has 0 aliphatic carbocycles. The van der Waals surface area contributed by atoms with Gasteiger partial charge in [-0.2, -0.15) is 0 Å². The average Bonchev–Trinajstić information content (AvgIpc) is 3.28. The molecule has 1 aromatic rings. The van der Waals surface area contributed by atoms with Crippen LogP contribution >= 0.6 is 0 Å². The molecule has 2 fully saturated rings. The Kier molecular flexibility index (Phi) is 7.06. The van der Waals surface area contributed by atoms with E-state index in [-0.39, 0.29) is 37.0 Å². The molecule has 0 bridgehead atoms. The number of halogens is 2. The molecule has 0 radical (unpaired) electrons. The van der Waals surface area contributed by atoms with E-state index >= 15 is 0 Å². The zero-order valence-electron chi connectivity index (χ0n) is 17.2. The fourth-order valence-electron chi connectivity index (χ4n) is 3.71. The fraction of sp³-hybridized carbons (Fsp3) is 0.579. The highest BCUT2D eigenvalue weighted by molar-refractivity contribution is 5.93. The van der Waals surface area contributed by atoms with Crippen LogP contribution in [0.3, 0.4) is 0 Å². The molecule has 2 saturated heterocycles. The normalized spacial score (nSPS) is 23.7. The summed E-state index contributed by atoms with van der Waals surface area (Å²) in [5, 5.41) is 4.13. The van der Waals surface area contributed by atoms with E-state index in [2.05, 4.69) is 27.2 Å². The third-order valence-corrected chi connectivity index (χ3v) is 5.22. The number of urea groups is 1. The molecular weight excluding hydrogens is 398 g/mol. The molecule has 2 aliphatic rings. The van der Waals surface area contributed by atoms with Gasteiger partial charge in [-0.05, 0) is 6.07 Å². The number of aromatic nitrogens is 1. The molecule has 0 aromatic carbocycles. The summed E-state index contributed by atoms with van der Waals surface area (Å²) >= 11 is 0. The lowest BCUT2D eigenvalue weighted by Crippen LogP contribution is -2.62. The van der Waals surface area contributed by atoms with E-state index in [0.717, 1.165) is 0 Å². The number of nitrogens with one attached hydrogen (secondary N) is 2. The Bertz CT molecular complexity index is 782. The number of hydrazine groups is 1. The highest BCUT2D eigenvalue weighted by atomic mass is 19.1. The van der Waals surface area contributed by atoms with Crippen molar-refractivity contribution in [1.29, 1.82) is 0 Å². The molecule has 0 unspecified atom stereocenters. The summed E-state index contributed by atoms with van der Waals surface area (Å²) in [4.78, 5) is 18.7. The number of methoxy groups -OCH3 is 1. The molecule has 9 nitrogen and oxygen atoms in total. The van der Waals surface area contributed by atoms with Crippen LogP contribution < -0.4 is 10.7 Å².